The molecule has 7 nitrogen and oxygen atoms in total. The average Bonchev–Trinajstić information content (AvgIpc) is 2.98. The molecule has 164 valence electrons. The number of benzene rings is 1. The smallest absolute Gasteiger partial charge is 0.295 e. The Morgan fingerprint density at radius 3 is 2.52 bits per heavy atom. The fourth-order valence-electron chi connectivity index (χ4n) is 3.49. The summed E-state index contributed by atoms with van der Waals surface area (Å²) in [4.78, 5) is 31.6. The Labute approximate surface area is 182 Å². The first-order chi connectivity index (χ1) is 14.8. The number of amides is 1. The minimum Gasteiger partial charge on any atom is -0.507 e. The summed E-state index contributed by atoms with van der Waals surface area (Å²) in [6, 6.07) is 11.3. The van der Waals surface area contributed by atoms with Crippen LogP contribution in [0.15, 0.2) is 54.2 Å². The number of rotatable bonds is 8. The summed E-state index contributed by atoms with van der Waals surface area (Å²) in [6.45, 7) is 8.08. The molecule has 1 N–H and O–H groups in total. The highest BCUT2D eigenvalue weighted by atomic mass is 16.5. The quantitative estimate of drug-likeness (QED) is 0.395. The molecule has 0 bridgehead atoms. The van der Waals surface area contributed by atoms with Gasteiger partial charge in [-0.05, 0) is 52.0 Å². The lowest BCUT2D eigenvalue weighted by Crippen LogP contribution is -2.33. The first kappa shape index (κ1) is 22.5. The molecule has 2 aromatic rings. The monoisotopic (exact) mass is 424 g/mol. The number of ether oxygens (including phenoxy) is 2. The van der Waals surface area contributed by atoms with Crippen LogP contribution in [0.3, 0.4) is 0 Å². The number of Topliss-reactive ketones (excluding diaryl/α,β-unsaturated/α-hetero) is 1. The van der Waals surface area contributed by atoms with E-state index in [1.54, 1.807) is 48.7 Å². The van der Waals surface area contributed by atoms with Crippen LogP contribution in [-0.4, -0.2) is 52.0 Å². The average molecular weight is 424 g/mol. The van der Waals surface area contributed by atoms with E-state index in [0.29, 0.717) is 17.0 Å². The summed E-state index contributed by atoms with van der Waals surface area (Å²) in [5.41, 5.74) is 0.910. The van der Waals surface area contributed by atoms with Crippen LogP contribution in [0.1, 0.15) is 45.0 Å². The Morgan fingerprint density at radius 2 is 1.87 bits per heavy atom. The van der Waals surface area contributed by atoms with Crippen LogP contribution in [0.25, 0.3) is 5.76 Å². The van der Waals surface area contributed by atoms with Crippen LogP contribution < -0.4 is 4.74 Å². The normalized spacial score (nSPS) is 18.3. The van der Waals surface area contributed by atoms with Crippen LogP contribution in [0.4, 0.5) is 0 Å². The highest BCUT2D eigenvalue weighted by molar-refractivity contribution is 6.46. The van der Waals surface area contributed by atoms with Crippen LogP contribution in [0.2, 0.25) is 0 Å². The van der Waals surface area contributed by atoms with E-state index in [4.69, 9.17) is 9.47 Å². The molecule has 0 saturated carbocycles. The topological polar surface area (TPSA) is 89.0 Å². The van der Waals surface area contributed by atoms with E-state index in [-0.39, 0.29) is 36.7 Å². The van der Waals surface area contributed by atoms with Crippen molar-refractivity contribution in [2.75, 3.05) is 13.2 Å². The predicted molar refractivity (Wildman–Crippen MR) is 117 cm³/mol. The van der Waals surface area contributed by atoms with Gasteiger partial charge in [0.25, 0.3) is 11.7 Å². The van der Waals surface area contributed by atoms with E-state index in [1.165, 1.54) is 4.90 Å². The Balaban J connectivity index is 2.05. The summed E-state index contributed by atoms with van der Waals surface area (Å²) in [6.07, 6.45) is 1.54. The zero-order valence-electron chi connectivity index (χ0n) is 18.2. The van der Waals surface area contributed by atoms with Crippen molar-refractivity contribution in [1.29, 1.82) is 0 Å². The number of nitrogens with zero attached hydrogens (tertiary/aromatic N) is 2. The van der Waals surface area contributed by atoms with Crippen LogP contribution in [0, 0.1) is 0 Å². The number of pyridine rings is 1. The predicted octanol–water partition coefficient (Wildman–Crippen LogP) is 3.72. The minimum atomic E-state index is -0.799. The van der Waals surface area contributed by atoms with Gasteiger partial charge in [-0.3, -0.25) is 14.6 Å². The van der Waals surface area contributed by atoms with Gasteiger partial charge in [-0.1, -0.05) is 18.2 Å². The largest absolute Gasteiger partial charge is 0.507 e. The van der Waals surface area contributed by atoms with Crippen molar-refractivity contribution in [3.63, 3.8) is 0 Å². The summed E-state index contributed by atoms with van der Waals surface area (Å²) in [5.74, 6) is -1.12. The van der Waals surface area contributed by atoms with E-state index >= 15 is 0 Å². The van der Waals surface area contributed by atoms with Crippen molar-refractivity contribution >= 4 is 17.4 Å². The van der Waals surface area contributed by atoms with Crippen LogP contribution in [-0.2, 0) is 14.3 Å². The molecule has 0 radical (unpaired) electrons. The highest BCUT2D eigenvalue weighted by Crippen LogP contribution is 2.38. The molecule has 2 heterocycles. The van der Waals surface area contributed by atoms with E-state index in [0.717, 1.165) is 0 Å². The number of hydrogen-bond acceptors (Lipinski definition) is 6. The summed E-state index contributed by atoms with van der Waals surface area (Å²) in [7, 11) is 0. The fourth-order valence-corrected chi connectivity index (χ4v) is 3.49. The van der Waals surface area contributed by atoms with Crippen molar-refractivity contribution in [3.05, 3.63) is 65.5 Å². The molecule has 1 aliphatic heterocycles. The van der Waals surface area contributed by atoms with Crippen molar-refractivity contribution in [3.8, 4) is 5.75 Å². The lowest BCUT2D eigenvalue weighted by molar-refractivity contribution is -0.140. The zero-order valence-corrected chi connectivity index (χ0v) is 18.2. The Hall–Kier alpha value is -3.19. The van der Waals surface area contributed by atoms with E-state index < -0.39 is 17.7 Å². The van der Waals surface area contributed by atoms with Gasteiger partial charge in [0.1, 0.15) is 17.6 Å². The molecule has 1 amide bonds. The zero-order chi connectivity index (χ0) is 22.5. The molecule has 0 spiro atoms. The van der Waals surface area contributed by atoms with Crippen LogP contribution >= 0.6 is 0 Å². The second-order valence-corrected chi connectivity index (χ2v) is 7.86. The van der Waals surface area contributed by atoms with Gasteiger partial charge in [-0.25, -0.2) is 0 Å². The third-order valence-electron chi connectivity index (χ3n) is 4.77. The van der Waals surface area contributed by atoms with E-state index in [2.05, 4.69) is 4.98 Å². The number of carbonyl (C=O) groups is 2. The summed E-state index contributed by atoms with van der Waals surface area (Å²) in [5, 5.41) is 11.1. The number of aliphatic hydroxyl groups excluding tert-OH is 1. The molecule has 1 saturated heterocycles. The maximum Gasteiger partial charge on any atom is 0.295 e. The van der Waals surface area contributed by atoms with Crippen LogP contribution in [0.5, 0.6) is 5.75 Å². The lowest BCUT2D eigenvalue weighted by Gasteiger charge is -2.24. The molecular formula is C24H28N2O5. The number of hydrogen-bond donors (Lipinski definition) is 1. The molecule has 1 aliphatic rings. The molecule has 7 heteroatoms. The molecule has 1 aromatic heterocycles. The third-order valence-corrected chi connectivity index (χ3v) is 4.77. The molecule has 1 fully saturated rings. The highest BCUT2D eigenvalue weighted by Gasteiger charge is 2.46. The molecule has 3 rings (SSSR count). The number of carbonyl (C=O) groups excluding carboxylic acids is 2. The van der Waals surface area contributed by atoms with Crippen molar-refractivity contribution in [1.82, 2.24) is 9.88 Å². The first-order valence-corrected chi connectivity index (χ1v) is 10.4. The molecule has 1 unspecified atom stereocenters. The number of likely N-dealkylation sites (tertiary alicyclic amines) is 1. The van der Waals surface area contributed by atoms with Crippen molar-refractivity contribution in [2.45, 2.75) is 45.9 Å². The Bertz CT molecular complexity index is 969. The number of ketones is 1. The maximum atomic E-state index is 13.0. The molecule has 1 atom stereocenters. The lowest BCUT2D eigenvalue weighted by atomic mass is 9.98. The molecular weight excluding hydrogens is 396 g/mol. The maximum absolute atomic E-state index is 13.0. The fraction of sp³-hybridized carbons (Fsp3) is 0.375. The summed E-state index contributed by atoms with van der Waals surface area (Å²) >= 11 is 0. The van der Waals surface area contributed by atoms with Gasteiger partial charge in [0, 0.05) is 18.3 Å². The Kier molecular flexibility index (Phi) is 7.07. The third kappa shape index (κ3) is 5.11. The van der Waals surface area contributed by atoms with E-state index in [1.807, 2.05) is 27.7 Å². The van der Waals surface area contributed by atoms with Gasteiger partial charge in [0.2, 0.25) is 0 Å². The SMILES string of the molecule is CC(C)OCCN1C(=O)C(=O)/C(=C(\O)c2cccc(OC(C)C)c2)C1c1ccccn1. The van der Waals surface area contributed by atoms with Gasteiger partial charge in [-0.2, -0.15) is 0 Å². The number of aromatic nitrogens is 1. The van der Waals surface area contributed by atoms with Gasteiger partial charge >= 0.3 is 0 Å². The molecule has 31 heavy (non-hydrogen) atoms. The van der Waals surface area contributed by atoms with Gasteiger partial charge in [0.05, 0.1) is 30.1 Å². The molecule has 0 aliphatic carbocycles. The summed E-state index contributed by atoms with van der Waals surface area (Å²) < 4.78 is 11.3. The second kappa shape index (κ2) is 9.75. The van der Waals surface area contributed by atoms with Gasteiger partial charge in [-0.15, -0.1) is 0 Å². The minimum absolute atomic E-state index is 0.00572. The van der Waals surface area contributed by atoms with Gasteiger partial charge in [0.15, 0.2) is 0 Å². The van der Waals surface area contributed by atoms with E-state index in [9.17, 15) is 14.7 Å². The van der Waals surface area contributed by atoms with Crippen molar-refractivity contribution < 1.29 is 24.2 Å². The number of aliphatic hydroxyl groups is 1. The molecule has 1 aromatic carbocycles. The Morgan fingerprint density at radius 1 is 1.10 bits per heavy atom. The van der Waals surface area contributed by atoms with Gasteiger partial charge < -0.3 is 19.5 Å². The second-order valence-electron chi connectivity index (χ2n) is 7.86. The van der Waals surface area contributed by atoms with Crippen molar-refractivity contribution in [2.24, 2.45) is 0 Å². The first-order valence-electron chi connectivity index (χ1n) is 10.4. The standard InChI is InChI=1S/C24H28N2O5/c1-15(2)30-13-12-26-21(19-10-5-6-11-25-19)20(23(28)24(26)29)22(27)17-8-7-9-18(14-17)31-16(3)4/h5-11,14-16,21,27H,12-13H2,1-4H3/b22-20-.